The van der Waals surface area contributed by atoms with Gasteiger partial charge in [0.05, 0.1) is 0 Å². The zero-order valence-corrected chi connectivity index (χ0v) is 9.19. The van der Waals surface area contributed by atoms with Crippen LogP contribution in [0, 0.1) is 0 Å². The lowest BCUT2D eigenvalue weighted by atomic mass is 10.2. The second kappa shape index (κ2) is 3.37. The Morgan fingerprint density at radius 2 is 1.73 bits per heavy atom. The molecular weight excluding hydrogens is 192 g/mol. The zero-order valence-electron chi connectivity index (χ0n) is 9.19. The summed E-state index contributed by atoms with van der Waals surface area (Å²) in [7, 11) is 2.17. The summed E-state index contributed by atoms with van der Waals surface area (Å²) in [5.41, 5.74) is 0. The summed E-state index contributed by atoms with van der Waals surface area (Å²) < 4.78 is 5.33. The number of carbonyl (C=O) groups is 1. The number of likely N-dealkylation sites (N-methyl/N-ethyl adjacent to an activating group) is 1. The minimum atomic E-state index is -0.0810. The highest BCUT2D eigenvalue weighted by Crippen LogP contribution is 2.30. The second-order valence-electron chi connectivity index (χ2n) is 5.04. The summed E-state index contributed by atoms with van der Waals surface area (Å²) in [6, 6.07) is 1.13. The van der Waals surface area contributed by atoms with Crippen molar-refractivity contribution < 1.29 is 9.53 Å². The van der Waals surface area contributed by atoms with Crippen LogP contribution in [-0.4, -0.2) is 54.2 Å². The number of rotatable bonds is 1. The van der Waals surface area contributed by atoms with E-state index in [9.17, 15) is 4.79 Å². The van der Waals surface area contributed by atoms with Gasteiger partial charge in [0.15, 0.2) is 0 Å². The van der Waals surface area contributed by atoms with Gasteiger partial charge in [0.1, 0.15) is 6.10 Å². The summed E-state index contributed by atoms with van der Waals surface area (Å²) in [4.78, 5) is 16.1. The van der Waals surface area contributed by atoms with Gasteiger partial charge in [-0.05, 0) is 32.7 Å². The number of amides is 1. The molecule has 0 spiro atoms. The predicted molar refractivity (Wildman–Crippen MR) is 55.6 cm³/mol. The van der Waals surface area contributed by atoms with E-state index in [1.54, 1.807) is 0 Å². The Kier molecular flexibility index (Phi) is 2.12. The number of hydrogen-bond acceptors (Lipinski definition) is 3. The van der Waals surface area contributed by atoms with Crippen LogP contribution in [0.25, 0.3) is 0 Å². The highest BCUT2D eigenvalue weighted by Gasteiger charge is 2.40. The van der Waals surface area contributed by atoms with Crippen molar-refractivity contribution in [3.63, 3.8) is 0 Å². The van der Waals surface area contributed by atoms with Crippen molar-refractivity contribution >= 4 is 6.09 Å². The first-order valence-electron chi connectivity index (χ1n) is 5.91. The third-order valence-electron chi connectivity index (χ3n) is 3.90. The Morgan fingerprint density at radius 1 is 1.13 bits per heavy atom. The zero-order chi connectivity index (χ0) is 10.4. The fourth-order valence-electron chi connectivity index (χ4n) is 2.67. The molecule has 3 aliphatic rings. The third kappa shape index (κ3) is 1.71. The van der Waals surface area contributed by atoms with Crippen molar-refractivity contribution in [1.29, 1.82) is 0 Å². The maximum absolute atomic E-state index is 11.8. The van der Waals surface area contributed by atoms with Gasteiger partial charge in [-0.2, -0.15) is 0 Å². The number of carbonyl (C=O) groups excluding carboxylic acids is 1. The summed E-state index contributed by atoms with van der Waals surface area (Å²) in [6.07, 6.45) is 4.74. The first-order chi connectivity index (χ1) is 7.24. The molecule has 2 bridgehead atoms. The molecule has 1 saturated carbocycles. The Balaban J connectivity index is 1.61. The molecule has 3 fully saturated rings. The van der Waals surface area contributed by atoms with E-state index in [2.05, 4.69) is 11.9 Å². The van der Waals surface area contributed by atoms with E-state index in [1.807, 2.05) is 4.90 Å². The molecule has 2 atom stereocenters. The van der Waals surface area contributed by atoms with Crippen LogP contribution in [0.4, 0.5) is 4.79 Å². The molecule has 0 aromatic rings. The van der Waals surface area contributed by atoms with Crippen molar-refractivity contribution in [2.24, 2.45) is 0 Å². The molecule has 2 unspecified atom stereocenters. The Labute approximate surface area is 90.2 Å². The quantitative estimate of drug-likeness (QED) is 0.649. The van der Waals surface area contributed by atoms with Crippen LogP contribution in [0.2, 0.25) is 0 Å². The van der Waals surface area contributed by atoms with Gasteiger partial charge in [-0.3, -0.25) is 4.90 Å². The number of ether oxygens (including phenoxy) is 1. The molecular formula is C11H18N2O2. The SMILES string of the molecule is CN1C2CCC1CN(C(=O)OC1CC1)C2. The highest BCUT2D eigenvalue weighted by molar-refractivity contribution is 5.68. The Hall–Kier alpha value is -0.770. The molecule has 2 aliphatic heterocycles. The van der Waals surface area contributed by atoms with E-state index in [-0.39, 0.29) is 12.2 Å². The molecule has 84 valence electrons. The van der Waals surface area contributed by atoms with Crippen molar-refractivity contribution in [3.05, 3.63) is 0 Å². The molecule has 15 heavy (non-hydrogen) atoms. The number of likely N-dealkylation sites (tertiary alicyclic amines) is 1. The summed E-state index contributed by atoms with van der Waals surface area (Å²) in [5.74, 6) is 0. The van der Waals surface area contributed by atoms with E-state index in [4.69, 9.17) is 4.74 Å². The van der Waals surface area contributed by atoms with Gasteiger partial charge in [0, 0.05) is 25.2 Å². The lowest BCUT2D eigenvalue weighted by Gasteiger charge is -2.38. The van der Waals surface area contributed by atoms with Gasteiger partial charge in [0.25, 0.3) is 0 Å². The molecule has 0 radical (unpaired) electrons. The number of hydrogen-bond donors (Lipinski definition) is 0. The second-order valence-corrected chi connectivity index (χ2v) is 5.04. The van der Waals surface area contributed by atoms with Crippen LogP contribution in [0.15, 0.2) is 0 Å². The predicted octanol–water partition coefficient (Wildman–Crippen LogP) is 1.06. The van der Waals surface area contributed by atoms with Gasteiger partial charge in [-0.15, -0.1) is 0 Å². The minimum Gasteiger partial charge on any atom is -0.446 e. The fraction of sp³-hybridized carbons (Fsp3) is 0.909. The van der Waals surface area contributed by atoms with Crippen molar-refractivity contribution in [2.45, 2.75) is 43.9 Å². The third-order valence-corrected chi connectivity index (χ3v) is 3.90. The van der Waals surface area contributed by atoms with Crippen LogP contribution in [0.3, 0.4) is 0 Å². The van der Waals surface area contributed by atoms with E-state index in [0.717, 1.165) is 25.9 Å². The maximum atomic E-state index is 11.8. The van der Waals surface area contributed by atoms with E-state index in [1.165, 1.54) is 12.8 Å². The summed E-state index contributed by atoms with van der Waals surface area (Å²) >= 11 is 0. The average molecular weight is 210 g/mol. The first kappa shape index (κ1) is 9.46. The summed E-state index contributed by atoms with van der Waals surface area (Å²) in [6.45, 7) is 1.72. The fourth-order valence-corrected chi connectivity index (χ4v) is 2.67. The molecule has 1 amide bonds. The molecule has 3 rings (SSSR count). The molecule has 0 aromatic heterocycles. The lowest BCUT2D eigenvalue weighted by Crippen LogP contribution is -2.53. The molecule has 2 saturated heterocycles. The van der Waals surface area contributed by atoms with E-state index < -0.39 is 0 Å². The van der Waals surface area contributed by atoms with Gasteiger partial charge in [-0.1, -0.05) is 0 Å². The first-order valence-corrected chi connectivity index (χ1v) is 5.91. The van der Waals surface area contributed by atoms with E-state index in [0.29, 0.717) is 12.1 Å². The molecule has 0 N–H and O–H groups in total. The summed E-state index contributed by atoms with van der Waals surface area (Å²) in [5, 5.41) is 0. The van der Waals surface area contributed by atoms with E-state index >= 15 is 0 Å². The molecule has 0 aromatic carbocycles. The minimum absolute atomic E-state index is 0.0810. The smallest absolute Gasteiger partial charge is 0.410 e. The number of piperazine rings is 1. The largest absolute Gasteiger partial charge is 0.446 e. The Morgan fingerprint density at radius 3 is 2.27 bits per heavy atom. The number of fused-ring (bicyclic) bond motifs is 2. The van der Waals surface area contributed by atoms with Crippen molar-refractivity contribution in [2.75, 3.05) is 20.1 Å². The molecule has 2 heterocycles. The average Bonchev–Trinajstić information content (AvgIpc) is 2.98. The van der Waals surface area contributed by atoms with Gasteiger partial charge >= 0.3 is 6.09 Å². The molecule has 4 nitrogen and oxygen atoms in total. The van der Waals surface area contributed by atoms with Crippen LogP contribution >= 0.6 is 0 Å². The van der Waals surface area contributed by atoms with Crippen molar-refractivity contribution in [1.82, 2.24) is 9.80 Å². The monoisotopic (exact) mass is 210 g/mol. The number of nitrogens with zero attached hydrogens (tertiary/aromatic N) is 2. The van der Waals surface area contributed by atoms with Crippen LogP contribution < -0.4 is 0 Å². The Bertz CT molecular complexity index is 264. The lowest BCUT2D eigenvalue weighted by molar-refractivity contribution is 0.0529. The van der Waals surface area contributed by atoms with Gasteiger partial charge in [-0.25, -0.2) is 4.79 Å². The molecule has 4 heteroatoms. The van der Waals surface area contributed by atoms with Crippen LogP contribution in [0.5, 0.6) is 0 Å². The topological polar surface area (TPSA) is 32.8 Å². The van der Waals surface area contributed by atoms with Gasteiger partial charge < -0.3 is 9.64 Å². The van der Waals surface area contributed by atoms with Crippen LogP contribution in [0.1, 0.15) is 25.7 Å². The normalized spacial score (nSPS) is 35.7. The van der Waals surface area contributed by atoms with Crippen molar-refractivity contribution in [3.8, 4) is 0 Å². The molecule has 1 aliphatic carbocycles. The van der Waals surface area contributed by atoms with Crippen LogP contribution in [-0.2, 0) is 4.74 Å². The highest BCUT2D eigenvalue weighted by atomic mass is 16.6. The standard InChI is InChI=1S/C11H18N2O2/c1-12-8-2-3-9(12)7-13(6-8)11(14)15-10-4-5-10/h8-10H,2-7H2,1H3. The van der Waals surface area contributed by atoms with Gasteiger partial charge in [0.2, 0.25) is 0 Å². The maximum Gasteiger partial charge on any atom is 0.410 e.